The number of halogens is 1. The SMILES string of the molecule is CN(C)c1ccc(Cl)cc1NC1CCCc2ccccc21. The average molecular weight is 301 g/mol. The predicted molar refractivity (Wildman–Crippen MR) is 91.5 cm³/mol. The Labute approximate surface area is 131 Å². The summed E-state index contributed by atoms with van der Waals surface area (Å²) in [6, 6.07) is 15.1. The topological polar surface area (TPSA) is 15.3 Å². The van der Waals surface area contributed by atoms with Gasteiger partial charge in [0.1, 0.15) is 0 Å². The highest BCUT2D eigenvalue weighted by molar-refractivity contribution is 6.31. The molecule has 0 aliphatic heterocycles. The van der Waals surface area contributed by atoms with Gasteiger partial charge in [-0.15, -0.1) is 0 Å². The maximum Gasteiger partial charge on any atom is 0.0598 e. The number of rotatable bonds is 3. The Bertz CT molecular complexity index is 637. The van der Waals surface area contributed by atoms with Crippen molar-refractivity contribution in [2.45, 2.75) is 25.3 Å². The van der Waals surface area contributed by atoms with Crippen LogP contribution >= 0.6 is 11.6 Å². The van der Waals surface area contributed by atoms with Crippen molar-refractivity contribution in [2.24, 2.45) is 0 Å². The van der Waals surface area contributed by atoms with E-state index < -0.39 is 0 Å². The Hall–Kier alpha value is -1.67. The van der Waals surface area contributed by atoms with Crippen LogP contribution in [-0.2, 0) is 6.42 Å². The molecule has 2 aromatic rings. The summed E-state index contributed by atoms with van der Waals surface area (Å²) in [4.78, 5) is 2.12. The van der Waals surface area contributed by atoms with Crippen LogP contribution < -0.4 is 10.2 Å². The fraction of sp³-hybridized carbons (Fsp3) is 0.333. The molecule has 21 heavy (non-hydrogen) atoms. The molecule has 0 heterocycles. The molecule has 0 fully saturated rings. The Kier molecular flexibility index (Phi) is 4.07. The molecule has 110 valence electrons. The number of benzene rings is 2. The van der Waals surface area contributed by atoms with E-state index >= 15 is 0 Å². The first-order chi connectivity index (χ1) is 10.1. The van der Waals surface area contributed by atoms with Crippen molar-refractivity contribution in [3.05, 3.63) is 58.6 Å². The van der Waals surface area contributed by atoms with Crippen molar-refractivity contribution in [3.63, 3.8) is 0 Å². The summed E-state index contributed by atoms with van der Waals surface area (Å²) in [6.07, 6.45) is 3.58. The highest BCUT2D eigenvalue weighted by Gasteiger charge is 2.20. The summed E-state index contributed by atoms with van der Waals surface area (Å²) in [7, 11) is 4.12. The molecule has 0 bridgehead atoms. The van der Waals surface area contributed by atoms with E-state index in [1.54, 1.807) is 0 Å². The molecule has 0 saturated heterocycles. The first-order valence-electron chi connectivity index (χ1n) is 7.46. The van der Waals surface area contributed by atoms with Gasteiger partial charge < -0.3 is 10.2 Å². The molecule has 3 heteroatoms. The molecule has 2 aromatic carbocycles. The molecule has 0 saturated carbocycles. The van der Waals surface area contributed by atoms with Gasteiger partial charge in [0, 0.05) is 19.1 Å². The van der Waals surface area contributed by atoms with Crippen molar-refractivity contribution in [1.29, 1.82) is 0 Å². The minimum absolute atomic E-state index is 0.368. The van der Waals surface area contributed by atoms with Gasteiger partial charge in [-0.2, -0.15) is 0 Å². The highest BCUT2D eigenvalue weighted by atomic mass is 35.5. The molecule has 1 unspecified atom stereocenters. The van der Waals surface area contributed by atoms with Gasteiger partial charge in [-0.1, -0.05) is 35.9 Å². The van der Waals surface area contributed by atoms with Crippen LogP contribution in [0.3, 0.4) is 0 Å². The third kappa shape index (κ3) is 3.01. The monoisotopic (exact) mass is 300 g/mol. The Morgan fingerprint density at radius 1 is 1.14 bits per heavy atom. The molecule has 1 aliphatic rings. The molecule has 0 aromatic heterocycles. The predicted octanol–water partition coefficient (Wildman–Crippen LogP) is 4.90. The second-order valence-electron chi connectivity index (χ2n) is 5.84. The maximum absolute atomic E-state index is 6.18. The van der Waals surface area contributed by atoms with Crippen LogP contribution in [-0.4, -0.2) is 14.1 Å². The third-order valence-electron chi connectivity index (χ3n) is 4.14. The van der Waals surface area contributed by atoms with Crippen LogP contribution in [0.5, 0.6) is 0 Å². The van der Waals surface area contributed by atoms with Crippen molar-refractivity contribution < 1.29 is 0 Å². The summed E-state index contributed by atoms with van der Waals surface area (Å²) in [6.45, 7) is 0. The van der Waals surface area contributed by atoms with Gasteiger partial charge in [0.05, 0.1) is 17.4 Å². The van der Waals surface area contributed by atoms with Gasteiger partial charge in [0.25, 0.3) is 0 Å². The molecule has 0 radical (unpaired) electrons. The lowest BCUT2D eigenvalue weighted by atomic mass is 9.87. The molecule has 3 rings (SSSR count). The molecule has 1 aliphatic carbocycles. The van der Waals surface area contributed by atoms with Crippen molar-refractivity contribution in [3.8, 4) is 0 Å². The van der Waals surface area contributed by atoms with Crippen molar-refractivity contribution in [1.82, 2.24) is 0 Å². The number of hydrogen-bond acceptors (Lipinski definition) is 2. The summed E-state index contributed by atoms with van der Waals surface area (Å²) < 4.78 is 0. The number of nitrogens with one attached hydrogen (secondary N) is 1. The standard InChI is InChI=1S/C18H21ClN2/c1-21(2)18-11-10-14(19)12-17(18)20-16-9-5-7-13-6-3-4-8-15(13)16/h3-4,6,8,10-12,16,20H,5,7,9H2,1-2H3. The minimum atomic E-state index is 0.368. The molecular formula is C18H21ClN2. The van der Waals surface area contributed by atoms with E-state index in [0.717, 1.165) is 17.1 Å². The fourth-order valence-corrected chi connectivity index (χ4v) is 3.28. The van der Waals surface area contributed by atoms with Crippen molar-refractivity contribution in [2.75, 3.05) is 24.3 Å². The van der Waals surface area contributed by atoms with E-state index in [9.17, 15) is 0 Å². The van der Waals surface area contributed by atoms with Gasteiger partial charge in [0.15, 0.2) is 0 Å². The van der Waals surface area contributed by atoms with Crippen LogP contribution in [0.2, 0.25) is 5.02 Å². The lowest BCUT2D eigenvalue weighted by Crippen LogP contribution is -2.19. The third-order valence-corrected chi connectivity index (χ3v) is 4.37. The van der Waals surface area contributed by atoms with E-state index in [0.29, 0.717) is 6.04 Å². The molecule has 1 atom stereocenters. The van der Waals surface area contributed by atoms with E-state index in [4.69, 9.17) is 11.6 Å². The average Bonchev–Trinajstić information content (AvgIpc) is 2.47. The van der Waals surface area contributed by atoms with Crippen LogP contribution in [0.1, 0.15) is 30.0 Å². The number of hydrogen-bond donors (Lipinski definition) is 1. The van der Waals surface area contributed by atoms with Gasteiger partial charge in [-0.05, 0) is 48.6 Å². The van der Waals surface area contributed by atoms with E-state index in [2.05, 4.69) is 54.6 Å². The Balaban J connectivity index is 1.93. The number of aryl methyl sites for hydroxylation is 1. The van der Waals surface area contributed by atoms with Crippen LogP contribution in [0, 0.1) is 0 Å². The first kappa shape index (κ1) is 14.3. The van der Waals surface area contributed by atoms with E-state index in [1.165, 1.54) is 29.7 Å². The smallest absolute Gasteiger partial charge is 0.0598 e. The number of anilines is 2. The van der Waals surface area contributed by atoms with Gasteiger partial charge in [-0.3, -0.25) is 0 Å². The van der Waals surface area contributed by atoms with E-state index in [-0.39, 0.29) is 0 Å². The van der Waals surface area contributed by atoms with E-state index in [1.807, 2.05) is 12.1 Å². The minimum Gasteiger partial charge on any atom is -0.377 e. The van der Waals surface area contributed by atoms with Crippen LogP contribution in [0.25, 0.3) is 0 Å². The zero-order valence-corrected chi connectivity index (χ0v) is 13.3. The molecule has 1 N–H and O–H groups in total. The number of nitrogens with zero attached hydrogens (tertiary/aromatic N) is 1. The summed E-state index contributed by atoms with van der Waals surface area (Å²) in [5.74, 6) is 0. The van der Waals surface area contributed by atoms with Gasteiger partial charge in [-0.25, -0.2) is 0 Å². The zero-order valence-electron chi connectivity index (χ0n) is 12.6. The van der Waals surface area contributed by atoms with Crippen LogP contribution in [0.15, 0.2) is 42.5 Å². The van der Waals surface area contributed by atoms with Crippen LogP contribution in [0.4, 0.5) is 11.4 Å². The lowest BCUT2D eigenvalue weighted by molar-refractivity contribution is 0.600. The summed E-state index contributed by atoms with van der Waals surface area (Å²) in [5, 5.41) is 4.47. The highest BCUT2D eigenvalue weighted by Crippen LogP contribution is 2.36. The summed E-state index contributed by atoms with van der Waals surface area (Å²) >= 11 is 6.18. The number of fused-ring (bicyclic) bond motifs is 1. The molecule has 0 amide bonds. The second kappa shape index (κ2) is 5.98. The lowest BCUT2D eigenvalue weighted by Gasteiger charge is -2.29. The Morgan fingerprint density at radius 3 is 2.76 bits per heavy atom. The molecule has 0 spiro atoms. The normalized spacial score (nSPS) is 17.2. The Morgan fingerprint density at radius 2 is 1.95 bits per heavy atom. The molecule has 2 nitrogen and oxygen atoms in total. The second-order valence-corrected chi connectivity index (χ2v) is 6.28. The molecular weight excluding hydrogens is 280 g/mol. The zero-order chi connectivity index (χ0) is 14.8. The largest absolute Gasteiger partial charge is 0.377 e. The first-order valence-corrected chi connectivity index (χ1v) is 7.84. The van der Waals surface area contributed by atoms with Gasteiger partial charge >= 0.3 is 0 Å². The van der Waals surface area contributed by atoms with Crippen molar-refractivity contribution >= 4 is 23.0 Å². The van der Waals surface area contributed by atoms with Gasteiger partial charge in [0.2, 0.25) is 0 Å². The summed E-state index contributed by atoms with van der Waals surface area (Å²) in [5.41, 5.74) is 5.17. The maximum atomic E-state index is 6.18. The quantitative estimate of drug-likeness (QED) is 0.867. The fourth-order valence-electron chi connectivity index (χ4n) is 3.11.